The predicted molar refractivity (Wildman–Crippen MR) is 64.0 cm³/mol. The third-order valence-electron chi connectivity index (χ3n) is 2.50. The lowest BCUT2D eigenvalue weighted by atomic mass is 10.1. The van der Waals surface area contributed by atoms with Gasteiger partial charge in [0.2, 0.25) is 0 Å². The van der Waals surface area contributed by atoms with Crippen LogP contribution in [0.4, 0.5) is 0 Å². The fourth-order valence-corrected chi connectivity index (χ4v) is 1.68. The first-order valence-corrected chi connectivity index (χ1v) is 5.33. The predicted octanol–water partition coefficient (Wildman–Crippen LogP) is 2.95. The quantitative estimate of drug-likeness (QED) is 0.762. The molecule has 0 aromatic heterocycles. The first kappa shape index (κ1) is 11.8. The molecule has 1 heterocycles. The molecular formula is C13H19NO. The minimum Gasteiger partial charge on any atom is -0.390 e. The Balaban J connectivity index is 2.92. The molecule has 2 nitrogen and oxygen atoms in total. The maximum absolute atomic E-state index is 9.39. The summed E-state index contributed by atoms with van der Waals surface area (Å²) in [6, 6.07) is 0. The zero-order chi connectivity index (χ0) is 11.3. The molecule has 0 fully saturated rings. The van der Waals surface area contributed by atoms with Crippen LogP contribution in [0.2, 0.25) is 0 Å². The molecule has 0 aromatic carbocycles. The van der Waals surface area contributed by atoms with Crippen LogP contribution in [0.1, 0.15) is 26.7 Å². The van der Waals surface area contributed by atoms with E-state index in [2.05, 4.69) is 20.4 Å². The highest BCUT2D eigenvalue weighted by molar-refractivity contribution is 5.32. The molecule has 0 unspecified atom stereocenters. The highest BCUT2D eigenvalue weighted by Crippen LogP contribution is 2.21. The molecule has 0 saturated carbocycles. The summed E-state index contributed by atoms with van der Waals surface area (Å²) in [7, 11) is 0. The number of hydrogen-bond donors (Lipinski definition) is 1. The summed E-state index contributed by atoms with van der Waals surface area (Å²) < 4.78 is 0. The summed E-state index contributed by atoms with van der Waals surface area (Å²) in [5, 5.41) is 9.39. The average Bonchev–Trinajstić information content (AvgIpc) is 2.22. The van der Waals surface area contributed by atoms with Crippen molar-refractivity contribution in [1.29, 1.82) is 0 Å². The van der Waals surface area contributed by atoms with E-state index in [1.165, 1.54) is 5.57 Å². The second kappa shape index (κ2) is 5.56. The molecule has 0 atom stereocenters. The average molecular weight is 205 g/mol. The standard InChI is InChI=1S/C13H19NO/c1-4-7-11(2)13(10-15)14-9-6-5-8-12(14)3/h5-6,8-9,15H,3-4,7,10H2,1-2H3/b13-11+. The van der Waals surface area contributed by atoms with Crippen LogP contribution in [0.5, 0.6) is 0 Å². The Kier molecular flexibility index (Phi) is 4.37. The number of nitrogens with zero attached hydrogens (tertiary/aromatic N) is 1. The van der Waals surface area contributed by atoms with Gasteiger partial charge in [-0.1, -0.05) is 31.6 Å². The second-order valence-corrected chi connectivity index (χ2v) is 3.70. The lowest BCUT2D eigenvalue weighted by Gasteiger charge is -2.26. The molecule has 0 amide bonds. The SMILES string of the molecule is C=C1C=CC=CN1/C(CO)=C(\C)CCC. The molecule has 82 valence electrons. The number of rotatable bonds is 4. The molecule has 0 radical (unpaired) electrons. The van der Waals surface area contributed by atoms with Gasteiger partial charge in [0, 0.05) is 17.6 Å². The zero-order valence-electron chi connectivity index (χ0n) is 9.53. The van der Waals surface area contributed by atoms with Crippen molar-refractivity contribution in [3.05, 3.63) is 48.0 Å². The van der Waals surface area contributed by atoms with Gasteiger partial charge in [0.15, 0.2) is 0 Å². The van der Waals surface area contributed by atoms with Crippen LogP contribution in [0.3, 0.4) is 0 Å². The molecule has 2 heteroatoms. The molecule has 15 heavy (non-hydrogen) atoms. The minimum atomic E-state index is 0.0586. The third kappa shape index (κ3) is 2.83. The molecule has 0 bridgehead atoms. The first-order chi connectivity index (χ1) is 7.20. The van der Waals surface area contributed by atoms with Crippen LogP contribution >= 0.6 is 0 Å². The van der Waals surface area contributed by atoms with E-state index in [0.29, 0.717) is 0 Å². The smallest absolute Gasteiger partial charge is 0.0835 e. The molecule has 0 spiro atoms. The van der Waals surface area contributed by atoms with Gasteiger partial charge >= 0.3 is 0 Å². The molecular weight excluding hydrogens is 186 g/mol. The van der Waals surface area contributed by atoms with E-state index in [0.717, 1.165) is 24.2 Å². The third-order valence-corrected chi connectivity index (χ3v) is 2.50. The van der Waals surface area contributed by atoms with E-state index in [1.54, 1.807) is 0 Å². The molecule has 0 saturated heterocycles. The van der Waals surface area contributed by atoms with Crippen molar-refractivity contribution in [3.8, 4) is 0 Å². The van der Waals surface area contributed by atoms with Crippen molar-refractivity contribution >= 4 is 0 Å². The van der Waals surface area contributed by atoms with Crippen molar-refractivity contribution < 1.29 is 5.11 Å². The van der Waals surface area contributed by atoms with Crippen LogP contribution in [-0.4, -0.2) is 16.6 Å². The van der Waals surface area contributed by atoms with Crippen LogP contribution in [0.25, 0.3) is 0 Å². The van der Waals surface area contributed by atoms with Crippen LogP contribution < -0.4 is 0 Å². The topological polar surface area (TPSA) is 23.5 Å². The Morgan fingerprint density at radius 1 is 1.47 bits per heavy atom. The summed E-state index contributed by atoms with van der Waals surface area (Å²) in [5.74, 6) is 0. The fourth-order valence-electron chi connectivity index (χ4n) is 1.68. The fraction of sp³-hybridized carbons (Fsp3) is 0.385. The van der Waals surface area contributed by atoms with Crippen molar-refractivity contribution in [2.75, 3.05) is 6.61 Å². The molecule has 1 aliphatic rings. The Morgan fingerprint density at radius 2 is 2.20 bits per heavy atom. The largest absolute Gasteiger partial charge is 0.390 e. The van der Waals surface area contributed by atoms with Crippen molar-refractivity contribution in [1.82, 2.24) is 4.90 Å². The summed E-state index contributed by atoms with van der Waals surface area (Å²) in [6.07, 6.45) is 9.88. The highest BCUT2D eigenvalue weighted by Gasteiger charge is 2.12. The van der Waals surface area contributed by atoms with E-state index < -0.39 is 0 Å². The van der Waals surface area contributed by atoms with Gasteiger partial charge in [-0.25, -0.2) is 0 Å². The van der Waals surface area contributed by atoms with E-state index in [9.17, 15) is 5.11 Å². The lowest BCUT2D eigenvalue weighted by molar-refractivity contribution is 0.298. The minimum absolute atomic E-state index is 0.0586. The number of aliphatic hydroxyl groups is 1. The van der Waals surface area contributed by atoms with Gasteiger partial charge in [-0.15, -0.1) is 0 Å². The van der Waals surface area contributed by atoms with Crippen LogP contribution in [-0.2, 0) is 0 Å². The maximum Gasteiger partial charge on any atom is 0.0835 e. The van der Waals surface area contributed by atoms with Gasteiger partial charge < -0.3 is 10.0 Å². The number of hydrogen-bond acceptors (Lipinski definition) is 2. The normalized spacial score (nSPS) is 17.0. The van der Waals surface area contributed by atoms with E-state index in [1.807, 2.05) is 29.3 Å². The molecule has 1 aliphatic heterocycles. The van der Waals surface area contributed by atoms with Gasteiger partial charge in [0.05, 0.1) is 6.61 Å². The van der Waals surface area contributed by atoms with Gasteiger partial charge in [-0.05, 0) is 25.5 Å². The lowest BCUT2D eigenvalue weighted by Crippen LogP contribution is -2.20. The Bertz CT molecular complexity index is 323. The van der Waals surface area contributed by atoms with E-state index >= 15 is 0 Å². The van der Waals surface area contributed by atoms with Gasteiger partial charge in [-0.2, -0.15) is 0 Å². The van der Waals surface area contributed by atoms with Gasteiger partial charge in [-0.3, -0.25) is 0 Å². The zero-order valence-corrected chi connectivity index (χ0v) is 9.53. The summed E-state index contributed by atoms with van der Waals surface area (Å²) >= 11 is 0. The second-order valence-electron chi connectivity index (χ2n) is 3.70. The van der Waals surface area contributed by atoms with Crippen LogP contribution in [0, 0.1) is 0 Å². The highest BCUT2D eigenvalue weighted by atomic mass is 16.3. The molecule has 0 aliphatic carbocycles. The summed E-state index contributed by atoms with van der Waals surface area (Å²) in [6.45, 7) is 8.21. The Morgan fingerprint density at radius 3 is 2.73 bits per heavy atom. The van der Waals surface area contributed by atoms with E-state index in [4.69, 9.17) is 0 Å². The Hall–Kier alpha value is -1.28. The van der Waals surface area contributed by atoms with Gasteiger partial charge in [0.25, 0.3) is 0 Å². The van der Waals surface area contributed by atoms with Crippen molar-refractivity contribution in [3.63, 3.8) is 0 Å². The molecule has 1 N–H and O–H groups in total. The first-order valence-electron chi connectivity index (χ1n) is 5.33. The molecule has 1 rings (SSSR count). The van der Waals surface area contributed by atoms with Crippen LogP contribution in [0.15, 0.2) is 48.0 Å². The maximum atomic E-state index is 9.39. The number of aliphatic hydroxyl groups excluding tert-OH is 1. The van der Waals surface area contributed by atoms with Crippen molar-refractivity contribution in [2.24, 2.45) is 0 Å². The van der Waals surface area contributed by atoms with Crippen molar-refractivity contribution in [2.45, 2.75) is 26.7 Å². The number of allylic oxidation sites excluding steroid dienone is 4. The molecule has 0 aromatic rings. The monoisotopic (exact) mass is 205 g/mol. The Labute approximate surface area is 91.9 Å². The van der Waals surface area contributed by atoms with Gasteiger partial charge in [0.1, 0.15) is 0 Å². The summed E-state index contributed by atoms with van der Waals surface area (Å²) in [5.41, 5.74) is 3.07. The summed E-state index contributed by atoms with van der Waals surface area (Å²) in [4.78, 5) is 1.95. The van der Waals surface area contributed by atoms with E-state index in [-0.39, 0.29) is 6.61 Å².